The van der Waals surface area contributed by atoms with Gasteiger partial charge in [-0.1, -0.05) is 36.2 Å². The zero-order chi connectivity index (χ0) is 18.3. The van der Waals surface area contributed by atoms with Gasteiger partial charge < -0.3 is 14.8 Å². The predicted octanol–water partition coefficient (Wildman–Crippen LogP) is 3.03. The molecule has 1 aromatic carbocycles. The molecule has 132 valence electrons. The summed E-state index contributed by atoms with van der Waals surface area (Å²) in [5, 5.41) is 3.25. The van der Waals surface area contributed by atoms with Gasteiger partial charge in [0.2, 0.25) is 0 Å². The van der Waals surface area contributed by atoms with Crippen LogP contribution in [-0.4, -0.2) is 25.2 Å². The molecule has 0 spiro atoms. The van der Waals surface area contributed by atoms with Gasteiger partial charge >= 0.3 is 11.9 Å². The first-order chi connectivity index (χ1) is 11.9. The first-order valence-electron chi connectivity index (χ1n) is 8.49. The molecule has 1 aromatic rings. The molecule has 25 heavy (non-hydrogen) atoms. The quantitative estimate of drug-likeness (QED) is 0.856. The fourth-order valence-corrected chi connectivity index (χ4v) is 3.74. The van der Waals surface area contributed by atoms with E-state index in [0.29, 0.717) is 17.6 Å². The second kappa shape index (κ2) is 6.39. The van der Waals surface area contributed by atoms with Crippen molar-refractivity contribution in [2.75, 3.05) is 7.11 Å². The molecule has 3 rings (SSSR count). The number of esters is 2. The smallest absolute Gasteiger partial charge is 0.337 e. The number of methoxy groups -OCH3 is 1. The fourth-order valence-electron chi connectivity index (χ4n) is 3.74. The van der Waals surface area contributed by atoms with E-state index in [2.05, 4.69) is 11.4 Å². The van der Waals surface area contributed by atoms with Crippen LogP contribution in [0.1, 0.15) is 42.9 Å². The summed E-state index contributed by atoms with van der Waals surface area (Å²) >= 11 is 0. The third-order valence-electron chi connectivity index (χ3n) is 4.72. The summed E-state index contributed by atoms with van der Waals surface area (Å²) in [4.78, 5) is 25.1. The maximum Gasteiger partial charge on any atom is 0.337 e. The first kappa shape index (κ1) is 17.3. The molecule has 0 aliphatic carbocycles. The van der Waals surface area contributed by atoms with Crippen LogP contribution >= 0.6 is 0 Å². The third kappa shape index (κ3) is 2.84. The molecule has 1 N–H and O–H groups in total. The number of cyclic esters (lactones) is 1. The van der Waals surface area contributed by atoms with Crippen LogP contribution in [0.4, 0.5) is 0 Å². The Bertz CT molecular complexity index is 799. The van der Waals surface area contributed by atoms with Crippen LogP contribution in [-0.2, 0) is 19.1 Å². The van der Waals surface area contributed by atoms with Crippen molar-refractivity contribution in [2.45, 2.75) is 46.1 Å². The summed E-state index contributed by atoms with van der Waals surface area (Å²) in [6.45, 7) is 7.81. The molecule has 0 saturated carbocycles. The van der Waals surface area contributed by atoms with Gasteiger partial charge in [0, 0.05) is 5.70 Å². The van der Waals surface area contributed by atoms with Crippen molar-refractivity contribution < 1.29 is 19.1 Å². The van der Waals surface area contributed by atoms with E-state index < -0.39 is 11.9 Å². The van der Waals surface area contributed by atoms with Gasteiger partial charge in [0.15, 0.2) is 0 Å². The first-order valence-corrected chi connectivity index (χ1v) is 8.49. The lowest BCUT2D eigenvalue weighted by Crippen LogP contribution is -2.32. The summed E-state index contributed by atoms with van der Waals surface area (Å²) in [6, 6.07) is 6.10. The summed E-state index contributed by atoms with van der Waals surface area (Å²) in [5.74, 6) is -1.28. The highest BCUT2D eigenvalue weighted by molar-refractivity contribution is 6.01. The third-order valence-corrected chi connectivity index (χ3v) is 4.72. The molecule has 0 aromatic heterocycles. The lowest BCUT2D eigenvalue weighted by atomic mass is 9.79. The molecule has 0 saturated heterocycles. The number of dihydropyridines is 1. The van der Waals surface area contributed by atoms with Crippen LogP contribution < -0.4 is 5.32 Å². The normalized spacial score (nSPS) is 22.5. The van der Waals surface area contributed by atoms with E-state index in [4.69, 9.17) is 9.47 Å². The molecule has 2 aliphatic rings. The van der Waals surface area contributed by atoms with Crippen LogP contribution in [0, 0.1) is 13.8 Å². The van der Waals surface area contributed by atoms with Gasteiger partial charge in [-0.15, -0.1) is 0 Å². The molecule has 5 nitrogen and oxygen atoms in total. The Kier molecular flexibility index (Phi) is 4.41. The van der Waals surface area contributed by atoms with Gasteiger partial charge in [0.05, 0.1) is 29.9 Å². The Balaban J connectivity index is 2.27. The SMILES string of the molecule is CCC1=C(C(=O)OC)C(c2cc(C)cc(C)c2)C2=C(N1)C(C)OC2=O. The van der Waals surface area contributed by atoms with Gasteiger partial charge in [0.1, 0.15) is 6.10 Å². The molecule has 2 heterocycles. The molecular weight excluding hydrogens is 318 g/mol. The standard InChI is InChI=1S/C20H23NO4/c1-6-14-16(19(22)24-5)15(13-8-10(2)7-11(3)9-13)17-18(21-14)12(4)25-20(17)23/h7-9,12,15,21H,6H2,1-5H3. The molecule has 0 bridgehead atoms. The predicted molar refractivity (Wildman–Crippen MR) is 93.7 cm³/mol. The molecule has 0 amide bonds. The minimum absolute atomic E-state index is 0.350. The van der Waals surface area contributed by atoms with Gasteiger partial charge in [-0.2, -0.15) is 0 Å². The Hall–Kier alpha value is -2.56. The number of nitrogens with one attached hydrogen (secondary N) is 1. The van der Waals surface area contributed by atoms with Crippen molar-refractivity contribution in [3.8, 4) is 0 Å². The number of rotatable bonds is 3. The van der Waals surface area contributed by atoms with E-state index in [0.717, 1.165) is 28.1 Å². The van der Waals surface area contributed by atoms with Gasteiger partial charge in [0.25, 0.3) is 0 Å². The van der Waals surface area contributed by atoms with E-state index in [1.165, 1.54) is 7.11 Å². The van der Waals surface area contributed by atoms with Crippen LogP contribution in [0.15, 0.2) is 40.7 Å². The topological polar surface area (TPSA) is 64.6 Å². The van der Waals surface area contributed by atoms with Crippen molar-refractivity contribution in [2.24, 2.45) is 0 Å². The largest absolute Gasteiger partial charge is 0.466 e. The lowest BCUT2D eigenvalue weighted by molar-refractivity contribution is -0.139. The average molecular weight is 341 g/mol. The number of hydrogen-bond acceptors (Lipinski definition) is 5. The zero-order valence-electron chi connectivity index (χ0n) is 15.2. The highest BCUT2D eigenvalue weighted by atomic mass is 16.5. The highest BCUT2D eigenvalue weighted by Gasteiger charge is 2.44. The van der Waals surface area contributed by atoms with E-state index in [9.17, 15) is 9.59 Å². The zero-order valence-corrected chi connectivity index (χ0v) is 15.2. The summed E-state index contributed by atoms with van der Waals surface area (Å²) in [6.07, 6.45) is 0.278. The molecule has 0 fully saturated rings. The number of aryl methyl sites for hydroxylation is 2. The van der Waals surface area contributed by atoms with Crippen molar-refractivity contribution in [1.29, 1.82) is 0 Å². The second-order valence-corrected chi connectivity index (χ2v) is 6.59. The number of ether oxygens (including phenoxy) is 2. The van der Waals surface area contributed by atoms with Crippen molar-refractivity contribution in [1.82, 2.24) is 5.32 Å². The van der Waals surface area contributed by atoms with Crippen LogP contribution in [0.3, 0.4) is 0 Å². The van der Waals surface area contributed by atoms with Crippen molar-refractivity contribution in [3.05, 3.63) is 57.4 Å². The molecule has 2 unspecified atom stereocenters. The van der Waals surface area contributed by atoms with Gasteiger partial charge in [-0.3, -0.25) is 0 Å². The molecule has 2 aliphatic heterocycles. The van der Waals surface area contributed by atoms with E-state index in [1.807, 2.05) is 39.8 Å². The second-order valence-electron chi connectivity index (χ2n) is 6.59. The molecule has 5 heteroatoms. The number of hydrogen-bond donors (Lipinski definition) is 1. The van der Waals surface area contributed by atoms with Crippen LogP contribution in [0.25, 0.3) is 0 Å². The summed E-state index contributed by atoms with van der Waals surface area (Å²) in [5.41, 5.74) is 5.59. The van der Waals surface area contributed by atoms with Crippen LogP contribution in [0.2, 0.25) is 0 Å². The Morgan fingerprint density at radius 1 is 1.24 bits per heavy atom. The lowest BCUT2D eigenvalue weighted by Gasteiger charge is -2.29. The number of allylic oxidation sites excluding steroid dienone is 1. The Morgan fingerprint density at radius 3 is 2.44 bits per heavy atom. The van der Waals surface area contributed by atoms with E-state index >= 15 is 0 Å². The molecular formula is C20H23NO4. The van der Waals surface area contributed by atoms with Gasteiger partial charge in [-0.05, 0) is 32.8 Å². The Labute approximate surface area is 147 Å². The van der Waals surface area contributed by atoms with Crippen molar-refractivity contribution in [3.63, 3.8) is 0 Å². The minimum atomic E-state index is -0.477. The Morgan fingerprint density at radius 2 is 1.88 bits per heavy atom. The summed E-state index contributed by atoms with van der Waals surface area (Å²) < 4.78 is 10.5. The number of benzene rings is 1. The van der Waals surface area contributed by atoms with E-state index in [-0.39, 0.29) is 12.1 Å². The molecule has 0 radical (unpaired) electrons. The number of carbonyl (C=O) groups is 2. The number of carbonyl (C=O) groups excluding carboxylic acids is 2. The molecule has 2 atom stereocenters. The van der Waals surface area contributed by atoms with Gasteiger partial charge in [-0.25, -0.2) is 9.59 Å². The monoisotopic (exact) mass is 341 g/mol. The van der Waals surface area contributed by atoms with Crippen molar-refractivity contribution >= 4 is 11.9 Å². The van der Waals surface area contributed by atoms with E-state index in [1.54, 1.807) is 0 Å². The van der Waals surface area contributed by atoms with Crippen LogP contribution in [0.5, 0.6) is 0 Å². The highest BCUT2D eigenvalue weighted by Crippen LogP contribution is 2.43. The fraction of sp³-hybridized carbons (Fsp3) is 0.400. The maximum absolute atomic E-state index is 12.6. The minimum Gasteiger partial charge on any atom is -0.466 e. The average Bonchev–Trinajstić information content (AvgIpc) is 2.85. The summed E-state index contributed by atoms with van der Waals surface area (Å²) in [7, 11) is 1.36. The maximum atomic E-state index is 12.6.